The Labute approximate surface area is 264 Å². The number of alkyl halides is 6. The molecule has 0 aliphatic heterocycles. The SMILES string of the molecule is C=C(CC)c1ccc(NC(=O)c2cccc(Cl)c2C(=C)NC(C)CSC)c(C)c1.CC1=C(C(F)(F)F)C=C(C(F)(F)F)CC1. The molecule has 0 bridgehead atoms. The number of hydrogen-bond acceptors (Lipinski definition) is 3. The number of halogens is 7. The van der Waals surface area contributed by atoms with Crippen LogP contribution >= 0.6 is 23.4 Å². The summed E-state index contributed by atoms with van der Waals surface area (Å²) in [6, 6.07) is 11.5. The second-order valence-corrected chi connectivity index (χ2v) is 11.8. The van der Waals surface area contributed by atoms with Gasteiger partial charge in [-0.1, -0.05) is 49.4 Å². The van der Waals surface area contributed by atoms with Crippen LogP contribution in [0.4, 0.5) is 32.0 Å². The van der Waals surface area contributed by atoms with Gasteiger partial charge in [0, 0.05) is 34.3 Å². The van der Waals surface area contributed by atoms with E-state index in [4.69, 9.17) is 11.6 Å². The highest BCUT2D eigenvalue weighted by Gasteiger charge is 2.41. The number of nitrogens with one attached hydrogen (secondary N) is 2. The van der Waals surface area contributed by atoms with Gasteiger partial charge in [0.2, 0.25) is 0 Å². The minimum Gasteiger partial charge on any atom is -0.382 e. The highest BCUT2D eigenvalue weighted by molar-refractivity contribution is 7.98. The van der Waals surface area contributed by atoms with Gasteiger partial charge in [-0.2, -0.15) is 38.1 Å². The number of allylic oxidation sites excluding steroid dienone is 5. The van der Waals surface area contributed by atoms with E-state index in [1.807, 2.05) is 25.1 Å². The Morgan fingerprint density at radius 1 is 1.05 bits per heavy atom. The van der Waals surface area contributed by atoms with Crippen molar-refractivity contribution in [2.24, 2.45) is 0 Å². The fourth-order valence-corrected chi connectivity index (χ4v) is 5.34. The second kappa shape index (κ2) is 15.8. The minimum atomic E-state index is -4.71. The molecule has 1 unspecified atom stereocenters. The molecule has 1 amide bonds. The van der Waals surface area contributed by atoms with Crippen molar-refractivity contribution in [2.75, 3.05) is 17.3 Å². The van der Waals surface area contributed by atoms with Crippen LogP contribution in [-0.2, 0) is 0 Å². The van der Waals surface area contributed by atoms with Crippen molar-refractivity contribution in [1.29, 1.82) is 0 Å². The van der Waals surface area contributed by atoms with Gasteiger partial charge < -0.3 is 10.6 Å². The van der Waals surface area contributed by atoms with E-state index in [1.54, 1.807) is 30.0 Å². The van der Waals surface area contributed by atoms with Crippen molar-refractivity contribution in [3.05, 3.63) is 99.6 Å². The summed E-state index contributed by atoms with van der Waals surface area (Å²) in [5.74, 6) is 0.715. The molecular formula is C33H37ClF6N2OS. The molecule has 3 rings (SSSR count). The standard InChI is InChI=1S/C24H29ClN2OS.C9H8F6/c1-7-15(2)19-11-12-22(16(3)13-19)27-24(28)20-9-8-10-21(25)23(20)18(5)26-17(4)14-29-6;1-5-2-3-6(8(10,11)12)4-7(5)9(13,14)15/h8-13,17,26H,2,5,7,14H2,1,3-4,6H3,(H,27,28);4H,2-3H2,1H3. The largest absolute Gasteiger partial charge is 0.416 e. The first-order valence-electron chi connectivity index (χ1n) is 13.8. The Morgan fingerprint density at radius 2 is 1.70 bits per heavy atom. The quantitative estimate of drug-likeness (QED) is 0.263. The molecule has 240 valence electrons. The van der Waals surface area contributed by atoms with Crippen LogP contribution in [0.5, 0.6) is 0 Å². The van der Waals surface area contributed by atoms with Gasteiger partial charge >= 0.3 is 12.4 Å². The maximum absolute atomic E-state index is 13.1. The summed E-state index contributed by atoms with van der Waals surface area (Å²) < 4.78 is 73.4. The zero-order valence-corrected chi connectivity index (χ0v) is 26.9. The molecule has 0 radical (unpaired) electrons. The number of thioether (sulfide) groups is 1. The van der Waals surface area contributed by atoms with Crippen LogP contribution in [0.1, 0.15) is 67.1 Å². The van der Waals surface area contributed by atoms with Crippen LogP contribution < -0.4 is 10.6 Å². The zero-order valence-electron chi connectivity index (χ0n) is 25.3. The predicted molar refractivity (Wildman–Crippen MR) is 172 cm³/mol. The second-order valence-electron chi connectivity index (χ2n) is 10.4. The molecule has 2 aromatic rings. The van der Waals surface area contributed by atoms with E-state index in [1.165, 1.54) is 6.92 Å². The van der Waals surface area contributed by atoms with E-state index in [0.29, 0.717) is 21.8 Å². The number of carbonyl (C=O) groups is 1. The summed E-state index contributed by atoms with van der Waals surface area (Å²) in [6.45, 7) is 15.5. The van der Waals surface area contributed by atoms with Crippen LogP contribution in [0.15, 0.2) is 72.4 Å². The first kappa shape index (κ1) is 37.1. The highest BCUT2D eigenvalue weighted by Crippen LogP contribution is 2.40. The predicted octanol–water partition coefficient (Wildman–Crippen LogP) is 10.8. The van der Waals surface area contributed by atoms with Crippen molar-refractivity contribution in [3.8, 4) is 0 Å². The maximum Gasteiger partial charge on any atom is 0.416 e. The Hall–Kier alpha value is -3.11. The third-order valence-electron chi connectivity index (χ3n) is 6.92. The lowest BCUT2D eigenvalue weighted by Crippen LogP contribution is -2.27. The summed E-state index contributed by atoms with van der Waals surface area (Å²) in [6.07, 6.45) is -6.80. The average Bonchev–Trinajstić information content (AvgIpc) is 2.92. The van der Waals surface area contributed by atoms with Gasteiger partial charge in [-0.3, -0.25) is 4.79 Å². The van der Waals surface area contributed by atoms with E-state index in [0.717, 1.165) is 34.6 Å². The zero-order chi connectivity index (χ0) is 33.4. The van der Waals surface area contributed by atoms with E-state index < -0.39 is 23.5 Å². The molecule has 0 saturated carbocycles. The van der Waals surface area contributed by atoms with Crippen molar-refractivity contribution in [1.82, 2.24) is 5.32 Å². The fraction of sp³-hybridized carbons (Fsp3) is 0.364. The fourth-order valence-electron chi connectivity index (χ4n) is 4.47. The Balaban J connectivity index is 0.000000378. The summed E-state index contributed by atoms with van der Waals surface area (Å²) in [5, 5.41) is 6.85. The molecule has 0 saturated heterocycles. The molecule has 0 fully saturated rings. The highest BCUT2D eigenvalue weighted by atomic mass is 35.5. The third kappa shape index (κ3) is 10.2. The van der Waals surface area contributed by atoms with Gasteiger partial charge in [-0.25, -0.2) is 0 Å². The van der Waals surface area contributed by atoms with Crippen LogP contribution in [0.25, 0.3) is 11.3 Å². The number of carbonyl (C=O) groups excluding carboxylic acids is 1. The molecule has 0 aromatic heterocycles. The normalized spacial score (nSPS) is 14.2. The smallest absolute Gasteiger partial charge is 0.382 e. The number of amides is 1. The molecule has 2 N–H and O–H groups in total. The number of rotatable bonds is 9. The Morgan fingerprint density at radius 3 is 2.25 bits per heavy atom. The van der Waals surface area contributed by atoms with Gasteiger partial charge in [-0.05, 0) is 93.3 Å². The lowest BCUT2D eigenvalue weighted by atomic mass is 9.92. The summed E-state index contributed by atoms with van der Waals surface area (Å²) in [5.41, 5.74) is 3.37. The summed E-state index contributed by atoms with van der Waals surface area (Å²) in [7, 11) is 0. The van der Waals surface area contributed by atoms with Crippen molar-refractivity contribution in [2.45, 2.75) is 65.4 Å². The molecule has 1 aliphatic carbocycles. The van der Waals surface area contributed by atoms with Crippen molar-refractivity contribution < 1.29 is 31.1 Å². The van der Waals surface area contributed by atoms with Gasteiger partial charge in [0.1, 0.15) is 0 Å². The lowest BCUT2D eigenvalue weighted by molar-refractivity contribution is -0.0991. The number of anilines is 1. The first-order chi connectivity index (χ1) is 20.4. The molecule has 11 heteroatoms. The van der Waals surface area contributed by atoms with Crippen LogP contribution in [0.3, 0.4) is 0 Å². The third-order valence-corrected chi connectivity index (χ3v) is 8.07. The van der Waals surface area contributed by atoms with Gasteiger partial charge in [0.15, 0.2) is 0 Å². The molecule has 1 aliphatic rings. The summed E-state index contributed by atoms with van der Waals surface area (Å²) in [4.78, 5) is 13.1. The van der Waals surface area contributed by atoms with E-state index in [-0.39, 0.29) is 36.4 Å². The van der Waals surface area contributed by atoms with Gasteiger partial charge in [0.05, 0.1) is 16.2 Å². The molecule has 0 heterocycles. The summed E-state index contributed by atoms with van der Waals surface area (Å²) >= 11 is 8.19. The molecular weight excluding hydrogens is 622 g/mol. The number of benzene rings is 2. The molecule has 0 spiro atoms. The average molecular weight is 659 g/mol. The maximum atomic E-state index is 13.1. The van der Waals surface area contributed by atoms with Crippen molar-refractivity contribution in [3.63, 3.8) is 0 Å². The Bertz CT molecular complexity index is 1440. The van der Waals surface area contributed by atoms with Crippen molar-refractivity contribution >= 4 is 46.2 Å². The van der Waals surface area contributed by atoms with E-state index in [9.17, 15) is 31.1 Å². The monoisotopic (exact) mass is 658 g/mol. The van der Waals surface area contributed by atoms with Crippen LogP contribution in [0.2, 0.25) is 5.02 Å². The first-order valence-corrected chi connectivity index (χ1v) is 15.6. The topological polar surface area (TPSA) is 41.1 Å². The van der Waals surface area contributed by atoms with E-state index >= 15 is 0 Å². The number of hydrogen-bond donors (Lipinski definition) is 2. The van der Waals surface area contributed by atoms with Crippen LogP contribution in [0, 0.1) is 6.92 Å². The molecule has 1 atom stereocenters. The molecule has 3 nitrogen and oxygen atoms in total. The minimum absolute atomic E-state index is 0.0458. The number of aryl methyl sites for hydroxylation is 1. The van der Waals surface area contributed by atoms with Gasteiger partial charge in [-0.15, -0.1) is 0 Å². The molecule has 44 heavy (non-hydrogen) atoms. The van der Waals surface area contributed by atoms with E-state index in [2.05, 4.69) is 43.9 Å². The van der Waals surface area contributed by atoms with Gasteiger partial charge in [0.25, 0.3) is 5.91 Å². The Kier molecular flexibility index (Phi) is 13.3. The van der Waals surface area contributed by atoms with Crippen LogP contribution in [-0.4, -0.2) is 36.3 Å². The lowest BCUT2D eigenvalue weighted by Gasteiger charge is -2.21. The molecule has 2 aromatic carbocycles.